The van der Waals surface area contributed by atoms with Gasteiger partial charge in [-0.3, -0.25) is 0 Å². The van der Waals surface area contributed by atoms with Crippen molar-refractivity contribution in [3.05, 3.63) is 24.2 Å². The van der Waals surface area contributed by atoms with Crippen molar-refractivity contribution in [1.29, 1.82) is 0 Å². The number of carbonyl (C=O) groups is 1. The molecule has 0 amide bonds. The number of hydrogen-bond donors (Lipinski definition) is 1. The highest BCUT2D eigenvalue weighted by Crippen LogP contribution is 2.06. The number of hydrogen-bond acceptors (Lipinski definition) is 2. The van der Waals surface area contributed by atoms with E-state index in [1.165, 1.54) is 12.3 Å². The van der Waals surface area contributed by atoms with Gasteiger partial charge < -0.3 is 9.84 Å². The van der Waals surface area contributed by atoms with E-state index in [0.29, 0.717) is 6.42 Å². The summed E-state index contributed by atoms with van der Waals surface area (Å²) in [6.07, 6.45) is 5.28. The van der Waals surface area contributed by atoms with Crippen molar-refractivity contribution in [1.82, 2.24) is 0 Å². The van der Waals surface area contributed by atoms with Crippen LogP contribution >= 0.6 is 0 Å². The van der Waals surface area contributed by atoms with Crippen molar-refractivity contribution in [2.24, 2.45) is 0 Å². The summed E-state index contributed by atoms with van der Waals surface area (Å²) in [5, 5.41) is 8.31. The van der Waals surface area contributed by atoms with Gasteiger partial charge in [-0.05, 0) is 18.6 Å². The molecular weight excluding hydrogens is 120 g/mol. The number of allylic oxidation sites excluding steroid dienone is 2. The van der Waals surface area contributed by atoms with Gasteiger partial charge in [-0.1, -0.05) is 0 Å². The third kappa shape index (κ3) is 1.32. The Morgan fingerprint density at radius 3 is 2.89 bits per heavy atom. The van der Waals surface area contributed by atoms with Crippen molar-refractivity contribution in [3.8, 4) is 0 Å². The van der Waals surface area contributed by atoms with Crippen molar-refractivity contribution in [3.63, 3.8) is 0 Å². The van der Waals surface area contributed by atoms with Gasteiger partial charge in [-0.2, -0.15) is 0 Å². The maximum atomic E-state index is 10.1. The second-order valence-corrected chi connectivity index (χ2v) is 1.60. The summed E-state index contributed by atoms with van der Waals surface area (Å²) < 4.78 is 4.62. The molecule has 0 saturated heterocycles. The summed E-state index contributed by atoms with van der Waals surface area (Å²) >= 11 is 0. The van der Waals surface area contributed by atoms with Gasteiger partial charge in [-0.25, -0.2) is 4.79 Å². The fourth-order valence-corrected chi connectivity index (χ4v) is 0.538. The molecule has 0 aromatic heterocycles. The Kier molecular flexibility index (Phi) is 1.53. The highest BCUT2D eigenvalue weighted by molar-refractivity contribution is 5.84. The van der Waals surface area contributed by atoms with E-state index in [1.807, 2.05) is 0 Å². The van der Waals surface area contributed by atoms with Crippen LogP contribution in [0.4, 0.5) is 0 Å². The molecule has 0 aromatic rings. The number of rotatable bonds is 1. The largest absolute Gasteiger partial charge is 0.475 e. The molecule has 0 saturated carbocycles. The zero-order valence-corrected chi connectivity index (χ0v) is 4.70. The lowest BCUT2D eigenvalue weighted by Gasteiger charge is -2.02. The predicted molar refractivity (Wildman–Crippen MR) is 30.6 cm³/mol. The Morgan fingerprint density at radius 1 is 1.78 bits per heavy atom. The number of carboxylic acids is 1. The minimum absolute atomic E-state index is 0.0116. The minimum Gasteiger partial charge on any atom is -0.475 e. The molecule has 48 valence electrons. The standard InChI is InChI=1S/C6H6O3/c7-6(8)5-3-1-2-4-9-5/h2-4H,1H2,(H,7,8). The number of ether oxygens (including phenoxy) is 1. The van der Waals surface area contributed by atoms with Crippen LogP contribution in [0.15, 0.2) is 24.2 Å². The van der Waals surface area contributed by atoms with Crippen molar-refractivity contribution in [2.75, 3.05) is 0 Å². The van der Waals surface area contributed by atoms with Gasteiger partial charge in [-0.15, -0.1) is 0 Å². The van der Waals surface area contributed by atoms with Crippen molar-refractivity contribution in [2.45, 2.75) is 6.42 Å². The molecule has 1 aliphatic rings. The molecule has 0 spiro atoms. The van der Waals surface area contributed by atoms with Crippen LogP contribution in [0.2, 0.25) is 0 Å². The van der Waals surface area contributed by atoms with Gasteiger partial charge >= 0.3 is 5.97 Å². The lowest BCUT2D eigenvalue weighted by atomic mass is 10.3. The summed E-state index contributed by atoms with van der Waals surface area (Å²) in [5.74, 6) is -1.00. The van der Waals surface area contributed by atoms with E-state index < -0.39 is 5.97 Å². The average molecular weight is 126 g/mol. The van der Waals surface area contributed by atoms with E-state index in [9.17, 15) is 4.79 Å². The van der Waals surface area contributed by atoms with Crippen LogP contribution in [-0.2, 0) is 9.53 Å². The molecule has 0 unspecified atom stereocenters. The first-order chi connectivity index (χ1) is 4.30. The Hall–Kier alpha value is -1.25. The summed E-state index contributed by atoms with van der Waals surface area (Å²) in [6, 6.07) is 0. The van der Waals surface area contributed by atoms with E-state index in [2.05, 4.69) is 4.74 Å². The molecular formula is C6H6O3. The first-order valence-electron chi connectivity index (χ1n) is 2.56. The monoisotopic (exact) mass is 126 g/mol. The lowest BCUT2D eigenvalue weighted by Crippen LogP contribution is -2.03. The maximum absolute atomic E-state index is 10.1. The smallest absolute Gasteiger partial charge is 0.371 e. The SMILES string of the molecule is O=C(O)C1=CCC=CO1. The molecule has 3 heteroatoms. The minimum atomic E-state index is -1.01. The predicted octanol–water partition coefficient (Wildman–Crippen LogP) is 0.889. The molecule has 0 aliphatic carbocycles. The van der Waals surface area contributed by atoms with Crippen LogP contribution in [0, 0.1) is 0 Å². The van der Waals surface area contributed by atoms with Gasteiger partial charge in [0, 0.05) is 0 Å². The Bertz CT molecular complexity index is 179. The summed E-state index contributed by atoms with van der Waals surface area (Å²) in [7, 11) is 0. The highest BCUT2D eigenvalue weighted by atomic mass is 16.5. The Balaban J connectivity index is 2.61. The number of aliphatic carboxylic acids is 1. The normalized spacial score (nSPS) is 16.2. The van der Waals surface area contributed by atoms with Gasteiger partial charge in [0.15, 0.2) is 0 Å². The first kappa shape index (κ1) is 5.88. The quantitative estimate of drug-likeness (QED) is 0.567. The molecule has 1 aliphatic heterocycles. The molecule has 3 nitrogen and oxygen atoms in total. The Labute approximate surface area is 52.2 Å². The van der Waals surface area contributed by atoms with Crippen LogP contribution in [0.25, 0.3) is 0 Å². The van der Waals surface area contributed by atoms with E-state index in [4.69, 9.17) is 5.11 Å². The van der Waals surface area contributed by atoms with Crippen LogP contribution in [0.1, 0.15) is 6.42 Å². The fourth-order valence-electron chi connectivity index (χ4n) is 0.538. The van der Waals surface area contributed by atoms with E-state index in [1.54, 1.807) is 6.08 Å². The van der Waals surface area contributed by atoms with Gasteiger partial charge in [0.2, 0.25) is 5.76 Å². The van der Waals surface area contributed by atoms with Gasteiger partial charge in [0.1, 0.15) is 0 Å². The summed E-state index contributed by atoms with van der Waals surface area (Å²) in [6.45, 7) is 0. The van der Waals surface area contributed by atoms with Gasteiger partial charge in [0.05, 0.1) is 6.26 Å². The summed E-state index contributed by atoms with van der Waals surface area (Å²) in [4.78, 5) is 10.1. The fraction of sp³-hybridized carbons (Fsp3) is 0.167. The van der Waals surface area contributed by atoms with Crippen LogP contribution in [0.3, 0.4) is 0 Å². The topological polar surface area (TPSA) is 46.5 Å². The molecule has 0 radical (unpaired) electrons. The molecule has 1 rings (SSSR count). The highest BCUT2D eigenvalue weighted by Gasteiger charge is 2.07. The lowest BCUT2D eigenvalue weighted by molar-refractivity contribution is -0.135. The number of carboxylic acid groups (broad SMARTS) is 1. The van der Waals surface area contributed by atoms with Crippen molar-refractivity contribution >= 4 is 5.97 Å². The molecule has 0 aromatic carbocycles. The van der Waals surface area contributed by atoms with Crippen LogP contribution in [-0.4, -0.2) is 11.1 Å². The second kappa shape index (κ2) is 2.35. The molecule has 1 heterocycles. The third-order valence-corrected chi connectivity index (χ3v) is 0.941. The van der Waals surface area contributed by atoms with E-state index >= 15 is 0 Å². The zero-order valence-electron chi connectivity index (χ0n) is 4.70. The van der Waals surface area contributed by atoms with Crippen LogP contribution < -0.4 is 0 Å². The second-order valence-electron chi connectivity index (χ2n) is 1.60. The third-order valence-electron chi connectivity index (χ3n) is 0.941. The molecule has 0 fully saturated rings. The van der Waals surface area contributed by atoms with E-state index in [0.717, 1.165) is 0 Å². The van der Waals surface area contributed by atoms with E-state index in [-0.39, 0.29) is 5.76 Å². The molecule has 0 atom stereocenters. The van der Waals surface area contributed by atoms with Crippen LogP contribution in [0.5, 0.6) is 0 Å². The molecule has 0 bridgehead atoms. The zero-order chi connectivity index (χ0) is 6.69. The molecule has 9 heavy (non-hydrogen) atoms. The summed E-state index contributed by atoms with van der Waals surface area (Å²) in [5.41, 5.74) is 0. The Morgan fingerprint density at radius 2 is 2.56 bits per heavy atom. The maximum Gasteiger partial charge on any atom is 0.371 e. The first-order valence-corrected chi connectivity index (χ1v) is 2.56. The van der Waals surface area contributed by atoms with Crippen molar-refractivity contribution < 1.29 is 14.6 Å². The van der Waals surface area contributed by atoms with Gasteiger partial charge in [0.25, 0.3) is 0 Å². The average Bonchev–Trinajstić information content (AvgIpc) is 1.90. The molecule has 1 N–H and O–H groups in total.